The van der Waals surface area contributed by atoms with Crippen molar-refractivity contribution in [3.63, 3.8) is 0 Å². The van der Waals surface area contributed by atoms with Crippen molar-refractivity contribution < 1.29 is 0 Å². The third-order valence-corrected chi connectivity index (χ3v) is 10.9. The highest BCUT2D eigenvalue weighted by Gasteiger charge is 2.28. The van der Waals surface area contributed by atoms with Crippen molar-refractivity contribution in [3.8, 4) is 0 Å². The van der Waals surface area contributed by atoms with Gasteiger partial charge < -0.3 is 9.80 Å². The van der Waals surface area contributed by atoms with E-state index in [-0.39, 0.29) is 27.1 Å². The summed E-state index contributed by atoms with van der Waals surface area (Å²) in [7, 11) is 0. The molecule has 5 aromatic rings. The normalized spacial score (nSPS) is 12.9. The maximum Gasteiger partial charge on any atom is 0.0887 e. The lowest BCUT2D eigenvalue weighted by molar-refractivity contribution is 0.568. The van der Waals surface area contributed by atoms with Crippen LogP contribution in [0.5, 0.6) is 0 Å². The van der Waals surface area contributed by atoms with E-state index in [1.54, 1.807) is 0 Å². The highest BCUT2D eigenvalue weighted by Crippen LogP contribution is 2.49. The first-order valence-electron chi connectivity index (χ1n) is 19.6. The molecule has 0 saturated carbocycles. The molecule has 0 unspecified atom stereocenters. The fourth-order valence-corrected chi connectivity index (χ4v) is 7.13. The predicted molar refractivity (Wildman–Crippen MR) is 239 cm³/mol. The second-order valence-electron chi connectivity index (χ2n) is 20.5. The zero-order chi connectivity index (χ0) is 40.2. The van der Waals surface area contributed by atoms with Crippen LogP contribution in [0.15, 0.2) is 103 Å². The summed E-state index contributed by atoms with van der Waals surface area (Å²) in [5.74, 6) is 0. The monoisotopic (exact) mass is 740 g/mol. The molecular weight excluding hydrogens is 676 g/mol. The van der Waals surface area contributed by atoms with Crippen molar-refractivity contribution in [2.75, 3.05) is 9.80 Å². The topological polar surface area (TPSA) is 6.48 Å². The van der Waals surface area contributed by atoms with Crippen molar-refractivity contribution >= 4 is 45.7 Å². The van der Waals surface area contributed by atoms with Gasteiger partial charge in [0.15, 0.2) is 0 Å². The molecule has 0 aliphatic rings. The largest absolute Gasteiger partial charge is 0.309 e. The Morgan fingerprint density at radius 2 is 0.704 bits per heavy atom. The fraction of sp³-hybridized carbons (Fsp3) is 0.412. The minimum Gasteiger partial charge on any atom is -0.309 e. The number of anilines is 6. The average molecular weight is 742 g/mol. The number of nitrogens with zero attached hydrogens (tertiary/aromatic N) is 2. The number of aryl methyl sites for hydroxylation is 1. The van der Waals surface area contributed by atoms with Gasteiger partial charge in [-0.2, -0.15) is 0 Å². The Morgan fingerprint density at radius 1 is 0.352 bits per heavy atom. The summed E-state index contributed by atoms with van der Waals surface area (Å²) in [6.45, 7) is 36.4. The van der Waals surface area contributed by atoms with Crippen LogP contribution in [0.1, 0.15) is 137 Å². The Morgan fingerprint density at radius 3 is 1.07 bits per heavy atom. The van der Waals surface area contributed by atoms with E-state index in [1.807, 2.05) is 0 Å². The van der Waals surface area contributed by atoms with E-state index in [0.717, 1.165) is 39.7 Å². The highest BCUT2D eigenvalue weighted by atomic mass is 35.5. The lowest BCUT2D eigenvalue weighted by atomic mass is 9.80. The van der Waals surface area contributed by atoms with Gasteiger partial charge in [-0.3, -0.25) is 0 Å². The van der Waals surface area contributed by atoms with E-state index in [4.69, 9.17) is 11.6 Å². The maximum absolute atomic E-state index is 7.88. The van der Waals surface area contributed by atoms with E-state index in [1.165, 1.54) is 27.8 Å². The van der Waals surface area contributed by atoms with Gasteiger partial charge in [0.25, 0.3) is 0 Å². The first kappa shape index (κ1) is 41.2. The van der Waals surface area contributed by atoms with Crippen molar-refractivity contribution in [1.82, 2.24) is 0 Å². The van der Waals surface area contributed by atoms with Crippen LogP contribution in [-0.2, 0) is 27.1 Å². The van der Waals surface area contributed by atoms with Crippen LogP contribution < -0.4 is 9.80 Å². The van der Waals surface area contributed by atoms with Crippen LogP contribution in [0.3, 0.4) is 0 Å². The van der Waals surface area contributed by atoms with E-state index >= 15 is 0 Å². The minimum atomic E-state index is -0.0499. The first-order valence-corrected chi connectivity index (χ1v) is 20.0. The molecule has 0 spiro atoms. The van der Waals surface area contributed by atoms with E-state index in [9.17, 15) is 0 Å². The molecule has 0 atom stereocenters. The summed E-state index contributed by atoms with van der Waals surface area (Å²) in [6, 6.07) is 38.6. The Hall–Kier alpha value is -4.01. The zero-order valence-corrected chi connectivity index (χ0v) is 36.8. The van der Waals surface area contributed by atoms with Crippen molar-refractivity contribution in [2.24, 2.45) is 0 Å². The molecule has 0 aromatic heterocycles. The Kier molecular flexibility index (Phi) is 11.1. The third-order valence-electron chi connectivity index (χ3n) is 10.5. The number of rotatable bonds is 6. The first-order chi connectivity index (χ1) is 24.7. The molecule has 54 heavy (non-hydrogen) atoms. The van der Waals surface area contributed by atoms with Crippen LogP contribution in [0.2, 0.25) is 5.02 Å². The van der Waals surface area contributed by atoms with Gasteiger partial charge in [0.05, 0.1) is 16.4 Å². The van der Waals surface area contributed by atoms with Crippen molar-refractivity contribution in [2.45, 2.75) is 138 Å². The average Bonchev–Trinajstić information content (AvgIpc) is 3.05. The van der Waals surface area contributed by atoms with Gasteiger partial charge in [0.2, 0.25) is 0 Å². The highest BCUT2D eigenvalue weighted by molar-refractivity contribution is 6.36. The minimum absolute atomic E-state index is 0.0255. The predicted octanol–water partition coefficient (Wildman–Crippen LogP) is 16.1. The molecule has 0 radical (unpaired) electrons. The summed E-state index contributed by atoms with van der Waals surface area (Å²) in [5, 5.41) is 0.694. The molecule has 3 heteroatoms. The van der Waals surface area contributed by atoms with Crippen LogP contribution in [0.4, 0.5) is 34.1 Å². The smallest absolute Gasteiger partial charge is 0.0887 e. The number of halogens is 1. The van der Waals surface area contributed by atoms with Crippen molar-refractivity contribution in [1.29, 1.82) is 0 Å². The zero-order valence-electron chi connectivity index (χ0n) is 36.1. The molecular formula is C51H65ClN2. The second kappa shape index (κ2) is 14.6. The Labute approximate surface area is 333 Å². The number of hydrogen-bond donors (Lipinski definition) is 0. The van der Waals surface area contributed by atoms with Gasteiger partial charge in [0, 0.05) is 22.7 Å². The summed E-state index contributed by atoms with van der Waals surface area (Å²) in [5.41, 5.74) is 13.8. The molecule has 0 aliphatic carbocycles. The summed E-state index contributed by atoms with van der Waals surface area (Å²) >= 11 is 7.88. The molecule has 0 bridgehead atoms. The number of benzene rings is 5. The SMILES string of the molecule is Cc1cc(N(c2ccc(C(C)(C)C)cc2)c2ccc(C(C)(C)C)cc2)c(Cl)c(N(c2cccc(C(C)(C)C)c2)c2cc(C(C)(C)C)cc(C(C)(C)C)c2)c1. The van der Waals surface area contributed by atoms with Crippen LogP contribution in [-0.4, -0.2) is 0 Å². The lowest BCUT2D eigenvalue weighted by Crippen LogP contribution is -2.20. The molecule has 0 saturated heterocycles. The third kappa shape index (κ3) is 9.09. The maximum atomic E-state index is 7.88. The standard InChI is InChI=1S/C51H65ClN2/c1-34-28-44(53(40-24-20-35(21-25-40)47(2,3)4)41-26-22-36(23-27-41)48(5,6)7)46(52)45(29-34)54(42-19-17-18-37(31-42)49(8,9)10)43-32-38(50(11,12)13)30-39(33-43)51(14,15)16/h17-33H,1-16H3. The van der Waals surface area contributed by atoms with Gasteiger partial charge in [0.1, 0.15) is 0 Å². The van der Waals surface area contributed by atoms with E-state index in [0.29, 0.717) is 5.02 Å². The van der Waals surface area contributed by atoms with Crippen LogP contribution in [0, 0.1) is 6.92 Å². The Balaban J connectivity index is 1.85. The molecule has 0 aliphatic heterocycles. The van der Waals surface area contributed by atoms with Gasteiger partial charge in [-0.25, -0.2) is 0 Å². The van der Waals surface area contributed by atoms with Gasteiger partial charge in [-0.15, -0.1) is 0 Å². The quantitative estimate of drug-likeness (QED) is 0.171. The molecule has 0 N–H and O–H groups in total. The molecule has 0 heterocycles. The lowest BCUT2D eigenvalue weighted by Gasteiger charge is -2.34. The molecule has 2 nitrogen and oxygen atoms in total. The summed E-state index contributed by atoms with van der Waals surface area (Å²) in [6.07, 6.45) is 0. The van der Waals surface area contributed by atoms with E-state index in [2.05, 4.69) is 224 Å². The van der Waals surface area contributed by atoms with Gasteiger partial charge in [-0.05, 0) is 128 Å². The molecule has 0 fully saturated rings. The fourth-order valence-electron chi connectivity index (χ4n) is 6.85. The molecule has 5 rings (SSSR count). The van der Waals surface area contributed by atoms with Gasteiger partial charge in [-0.1, -0.05) is 158 Å². The van der Waals surface area contributed by atoms with E-state index < -0.39 is 0 Å². The second-order valence-corrected chi connectivity index (χ2v) is 20.8. The summed E-state index contributed by atoms with van der Waals surface area (Å²) in [4.78, 5) is 4.72. The number of hydrogen-bond acceptors (Lipinski definition) is 2. The van der Waals surface area contributed by atoms with Gasteiger partial charge >= 0.3 is 0 Å². The Bertz CT molecular complexity index is 2000. The van der Waals surface area contributed by atoms with Crippen LogP contribution in [0.25, 0.3) is 0 Å². The molecule has 0 amide bonds. The van der Waals surface area contributed by atoms with Crippen molar-refractivity contribution in [3.05, 3.63) is 142 Å². The molecule has 286 valence electrons. The summed E-state index contributed by atoms with van der Waals surface area (Å²) < 4.78 is 0. The molecule has 5 aromatic carbocycles. The van der Waals surface area contributed by atoms with Crippen LogP contribution >= 0.6 is 11.6 Å².